The molecule has 0 spiro atoms. The normalized spacial score (nSPS) is 40.9. The Kier molecular flexibility index (Phi) is 2.87. The summed E-state index contributed by atoms with van der Waals surface area (Å²) in [6.07, 6.45) is 2.07. The van der Waals surface area contributed by atoms with Gasteiger partial charge < -0.3 is 5.11 Å². The summed E-state index contributed by atoms with van der Waals surface area (Å²) >= 11 is 1.90. The van der Waals surface area contributed by atoms with E-state index in [0.29, 0.717) is 11.2 Å². The zero-order chi connectivity index (χ0) is 8.48. The van der Waals surface area contributed by atoms with Gasteiger partial charge in [-0.25, -0.2) is 0 Å². The minimum absolute atomic E-state index is 0.362. The molecule has 1 N–H and O–H groups in total. The fourth-order valence-electron chi connectivity index (χ4n) is 1.63. The molecule has 66 valence electrons. The quantitative estimate of drug-likeness (QED) is 0.693. The minimum atomic E-state index is -0.362. The van der Waals surface area contributed by atoms with Crippen molar-refractivity contribution in [2.24, 2.45) is 5.92 Å². The predicted octanol–water partition coefficient (Wildman–Crippen LogP) is 2.29. The maximum atomic E-state index is 10.1. The van der Waals surface area contributed by atoms with Gasteiger partial charge in [-0.3, -0.25) is 0 Å². The summed E-state index contributed by atoms with van der Waals surface area (Å²) < 4.78 is 0. The molecule has 1 fully saturated rings. The molecule has 0 aromatic carbocycles. The summed E-state index contributed by atoms with van der Waals surface area (Å²) in [5, 5.41) is 10.8. The van der Waals surface area contributed by atoms with Crippen LogP contribution in [0.15, 0.2) is 0 Å². The van der Waals surface area contributed by atoms with Crippen molar-refractivity contribution >= 4 is 11.8 Å². The summed E-state index contributed by atoms with van der Waals surface area (Å²) in [5.74, 6) is 1.39. The highest BCUT2D eigenvalue weighted by atomic mass is 32.2. The molecule has 0 aromatic heterocycles. The molecule has 1 aliphatic rings. The monoisotopic (exact) mass is 174 g/mol. The van der Waals surface area contributed by atoms with E-state index in [4.69, 9.17) is 0 Å². The molecule has 0 amide bonds. The smallest absolute Gasteiger partial charge is 0.0773 e. The van der Waals surface area contributed by atoms with Gasteiger partial charge in [0, 0.05) is 11.0 Å². The molecule has 1 aliphatic heterocycles. The van der Waals surface area contributed by atoms with E-state index < -0.39 is 0 Å². The molecular formula is C9H18OS. The Bertz CT molecular complexity index is 138. The number of rotatable bonds is 2. The lowest BCUT2D eigenvalue weighted by Gasteiger charge is -2.28. The van der Waals surface area contributed by atoms with Crippen molar-refractivity contribution in [2.45, 2.75) is 44.5 Å². The molecule has 0 saturated carbocycles. The third-order valence-corrected chi connectivity index (χ3v) is 4.19. The molecule has 0 bridgehead atoms. The van der Waals surface area contributed by atoms with E-state index in [-0.39, 0.29) is 5.60 Å². The van der Waals surface area contributed by atoms with Gasteiger partial charge in [-0.2, -0.15) is 11.8 Å². The van der Waals surface area contributed by atoms with Crippen LogP contribution in [0.5, 0.6) is 0 Å². The van der Waals surface area contributed by atoms with Crippen LogP contribution in [0.3, 0.4) is 0 Å². The molecular weight excluding hydrogens is 156 g/mol. The van der Waals surface area contributed by atoms with Gasteiger partial charge in [-0.05, 0) is 12.3 Å². The molecule has 0 aromatic rings. The molecule has 3 atom stereocenters. The summed E-state index contributed by atoms with van der Waals surface area (Å²) in [5.41, 5.74) is -0.362. The average molecular weight is 174 g/mol. The number of hydrogen-bond donors (Lipinski definition) is 1. The van der Waals surface area contributed by atoms with Crippen molar-refractivity contribution in [1.82, 2.24) is 0 Å². The van der Waals surface area contributed by atoms with Gasteiger partial charge in [-0.15, -0.1) is 0 Å². The molecule has 1 nitrogen and oxygen atoms in total. The van der Waals surface area contributed by atoms with E-state index in [2.05, 4.69) is 20.8 Å². The SMILES string of the molecule is CCC(C)C1(O)CSC(C)C1. The van der Waals surface area contributed by atoms with Crippen molar-refractivity contribution < 1.29 is 5.11 Å². The number of hydrogen-bond acceptors (Lipinski definition) is 2. The molecule has 0 radical (unpaired) electrons. The van der Waals surface area contributed by atoms with E-state index >= 15 is 0 Å². The second-order valence-electron chi connectivity index (χ2n) is 3.74. The second-order valence-corrected chi connectivity index (χ2v) is 5.17. The Balaban J connectivity index is 2.54. The number of thioether (sulfide) groups is 1. The third-order valence-electron chi connectivity index (χ3n) is 2.79. The van der Waals surface area contributed by atoms with Crippen LogP contribution in [-0.4, -0.2) is 21.7 Å². The fraction of sp³-hybridized carbons (Fsp3) is 1.00. The van der Waals surface area contributed by atoms with Crippen LogP contribution in [0.1, 0.15) is 33.6 Å². The lowest BCUT2D eigenvalue weighted by atomic mass is 9.85. The highest BCUT2D eigenvalue weighted by molar-refractivity contribution is 8.00. The molecule has 3 unspecified atom stereocenters. The van der Waals surface area contributed by atoms with Crippen LogP contribution < -0.4 is 0 Å². The van der Waals surface area contributed by atoms with Crippen molar-refractivity contribution in [2.75, 3.05) is 5.75 Å². The largest absolute Gasteiger partial charge is 0.389 e. The first kappa shape index (κ1) is 9.40. The van der Waals surface area contributed by atoms with Crippen LogP contribution in [0.25, 0.3) is 0 Å². The Hall–Kier alpha value is 0.310. The van der Waals surface area contributed by atoms with E-state index in [1.54, 1.807) is 0 Å². The maximum Gasteiger partial charge on any atom is 0.0773 e. The second kappa shape index (κ2) is 3.36. The zero-order valence-corrected chi connectivity index (χ0v) is 8.45. The van der Waals surface area contributed by atoms with Crippen LogP contribution in [0.4, 0.5) is 0 Å². The zero-order valence-electron chi connectivity index (χ0n) is 7.63. The van der Waals surface area contributed by atoms with Crippen LogP contribution in [-0.2, 0) is 0 Å². The topological polar surface area (TPSA) is 20.2 Å². The van der Waals surface area contributed by atoms with E-state index in [9.17, 15) is 5.11 Å². The molecule has 1 heterocycles. The molecule has 1 saturated heterocycles. The summed E-state index contributed by atoms with van der Waals surface area (Å²) in [6, 6.07) is 0. The highest BCUT2D eigenvalue weighted by Gasteiger charge is 2.39. The molecule has 2 heteroatoms. The van der Waals surface area contributed by atoms with Gasteiger partial charge in [-0.1, -0.05) is 27.2 Å². The van der Waals surface area contributed by atoms with Gasteiger partial charge in [0.2, 0.25) is 0 Å². The van der Waals surface area contributed by atoms with Gasteiger partial charge in [0.1, 0.15) is 0 Å². The Labute approximate surface area is 73.6 Å². The Morgan fingerprint density at radius 2 is 2.36 bits per heavy atom. The van der Waals surface area contributed by atoms with Gasteiger partial charge in [0.05, 0.1) is 5.60 Å². The van der Waals surface area contributed by atoms with Crippen LogP contribution in [0.2, 0.25) is 0 Å². The van der Waals surface area contributed by atoms with Crippen molar-refractivity contribution in [3.05, 3.63) is 0 Å². The summed E-state index contributed by atoms with van der Waals surface area (Å²) in [4.78, 5) is 0. The van der Waals surface area contributed by atoms with Gasteiger partial charge in [0.15, 0.2) is 0 Å². The Morgan fingerprint density at radius 3 is 2.73 bits per heavy atom. The first-order chi connectivity index (χ1) is 5.08. The summed E-state index contributed by atoms with van der Waals surface area (Å²) in [7, 11) is 0. The third kappa shape index (κ3) is 1.91. The molecule has 1 rings (SSSR count). The first-order valence-electron chi connectivity index (χ1n) is 4.42. The van der Waals surface area contributed by atoms with Crippen molar-refractivity contribution in [3.63, 3.8) is 0 Å². The minimum Gasteiger partial charge on any atom is -0.389 e. The Morgan fingerprint density at radius 1 is 1.73 bits per heavy atom. The molecule has 11 heavy (non-hydrogen) atoms. The lowest BCUT2D eigenvalue weighted by molar-refractivity contribution is 0.00874. The van der Waals surface area contributed by atoms with Gasteiger partial charge >= 0.3 is 0 Å². The molecule has 0 aliphatic carbocycles. The van der Waals surface area contributed by atoms with Crippen molar-refractivity contribution in [1.29, 1.82) is 0 Å². The van der Waals surface area contributed by atoms with Crippen LogP contribution in [0, 0.1) is 5.92 Å². The first-order valence-corrected chi connectivity index (χ1v) is 5.47. The standard InChI is InChI=1S/C9H18OS/c1-4-7(2)9(10)5-8(3)11-6-9/h7-8,10H,4-6H2,1-3H3. The fourth-order valence-corrected chi connectivity index (χ4v) is 3.01. The number of aliphatic hydroxyl groups is 1. The van der Waals surface area contributed by atoms with Gasteiger partial charge in [0.25, 0.3) is 0 Å². The highest BCUT2D eigenvalue weighted by Crippen LogP contribution is 2.39. The lowest BCUT2D eigenvalue weighted by Crippen LogP contribution is -2.36. The van der Waals surface area contributed by atoms with E-state index in [0.717, 1.165) is 18.6 Å². The van der Waals surface area contributed by atoms with E-state index in [1.165, 1.54) is 0 Å². The van der Waals surface area contributed by atoms with Crippen molar-refractivity contribution in [3.8, 4) is 0 Å². The summed E-state index contributed by atoms with van der Waals surface area (Å²) in [6.45, 7) is 6.50. The van der Waals surface area contributed by atoms with Crippen LogP contribution >= 0.6 is 11.8 Å². The average Bonchev–Trinajstić information content (AvgIpc) is 2.31. The maximum absolute atomic E-state index is 10.1. The predicted molar refractivity (Wildman–Crippen MR) is 50.9 cm³/mol. The van der Waals surface area contributed by atoms with E-state index in [1.807, 2.05) is 11.8 Å².